The summed E-state index contributed by atoms with van der Waals surface area (Å²) in [5.74, 6) is -0.240. The molecule has 1 atom stereocenters. The van der Waals surface area contributed by atoms with E-state index in [2.05, 4.69) is 4.98 Å². The number of halogens is 1. The summed E-state index contributed by atoms with van der Waals surface area (Å²) in [5.41, 5.74) is 1.30. The minimum atomic E-state index is -0.240. The number of rotatable bonds is 2. The summed E-state index contributed by atoms with van der Waals surface area (Å²) in [7, 11) is 0. The number of benzene rings is 1. The Morgan fingerprint density at radius 3 is 3.11 bits per heavy atom. The predicted octanol–water partition coefficient (Wildman–Crippen LogP) is 3.41. The minimum absolute atomic E-state index is 0.143. The Kier molecular flexibility index (Phi) is 3.18. The smallest absolute Gasteiger partial charge is 0.178 e. The lowest BCUT2D eigenvalue weighted by atomic mass is 10.1. The van der Waals surface area contributed by atoms with E-state index in [1.54, 1.807) is 6.07 Å². The fraction of sp³-hybridized carbons (Fsp3) is 0.462. The number of fused-ring (bicyclic) bond motifs is 1. The number of hydrogen-bond acceptors (Lipinski definition) is 2. The molecule has 1 N–H and O–H groups in total. The van der Waals surface area contributed by atoms with Crippen molar-refractivity contribution in [2.45, 2.75) is 31.9 Å². The Labute approximate surface area is 110 Å². The van der Waals surface area contributed by atoms with Crippen molar-refractivity contribution in [2.24, 2.45) is 0 Å². The lowest BCUT2D eigenvalue weighted by Crippen LogP contribution is -2.24. The zero-order chi connectivity index (χ0) is 12.5. The van der Waals surface area contributed by atoms with Crippen molar-refractivity contribution in [3.8, 4) is 0 Å². The molecule has 1 aromatic carbocycles. The second-order valence-electron chi connectivity index (χ2n) is 4.67. The van der Waals surface area contributed by atoms with E-state index >= 15 is 0 Å². The average molecular weight is 266 g/mol. The van der Waals surface area contributed by atoms with Gasteiger partial charge in [0.05, 0.1) is 18.2 Å². The molecule has 0 saturated carbocycles. The number of hydrogen-bond donors (Lipinski definition) is 1. The first kappa shape index (κ1) is 11.9. The minimum Gasteiger partial charge on any atom is -0.376 e. The van der Waals surface area contributed by atoms with Crippen LogP contribution in [-0.4, -0.2) is 22.3 Å². The standard InChI is InChI=1S/C13H15FN2OS/c14-10-5-3-6-11-12(10)16(13(18)15-11)8-9-4-1-2-7-17-9/h3,5-6,9H,1-2,4,7-8H2,(H,15,18). The van der Waals surface area contributed by atoms with Crippen molar-refractivity contribution in [3.63, 3.8) is 0 Å². The van der Waals surface area contributed by atoms with Gasteiger partial charge in [0.25, 0.3) is 0 Å². The van der Waals surface area contributed by atoms with Crippen LogP contribution in [0.4, 0.5) is 4.39 Å². The lowest BCUT2D eigenvalue weighted by molar-refractivity contribution is 0.00635. The number of nitrogens with zero attached hydrogens (tertiary/aromatic N) is 1. The van der Waals surface area contributed by atoms with Crippen molar-refractivity contribution in [2.75, 3.05) is 6.61 Å². The van der Waals surface area contributed by atoms with Crippen molar-refractivity contribution >= 4 is 23.3 Å². The molecule has 1 aliphatic heterocycles. The van der Waals surface area contributed by atoms with Crippen LogP contribution in [0.15, 0.2) is 18.2 Å². The van der Waals surface area contributed by atoms with Crippen molar-refractivity contribution in [1.29, 1.82) is 0 Å². The number of imidazole rings is 1. The van der Waals surface area contributed by atoms with E-state index in [1.165, 1.54) is 12.5 Å². The molecule has 0 aliphatic carbocycles. The van der Waals surface area contributed by atoms with E-state index in [1.807, 2.05) is 10.6 Å². The Morgan fingerprint density at radius 1 is 1.44 bits per heavy atom. The number of para-hydroxylation sites is 1. The van der Waals surface area contributed by atoms with E-state index in [9.17, 15) is 4.39 Å². The number of aromatic amines is 1. The Balaban J connectivity index is 2.00. The molecule has 1 aliphatic rings. The zero-order valence-corrected chi connectivity index (χ0v) is 10.8. The molecule has 1 fully saturated rings. The lowest BCUT2D eigenvalue weighted by Gasteiger charge is -2.23. The Hall–Kier alpha value is -1.20. The summed E-state index contributed by atoms with van der Waals surface area (Å²) in [6.07, 6.45) is 3.44. The van der Waals surface area contributed by atoms with Crippen molar-refractivity contribution in [3.05, 3.63) is 28.8 Å². The van der Waals surface area contributed by atoms with Crippen molar-refractivity contribution < 1.29 is 9.13 Å². The SMILES string of the molecule is Fc1cccc2[nH]c(=S)n(CC3CCCCO3)c12. The Bertz CT molecular complexity index is 613. The first-order valence-corrected chi connectivity index (χ1v) is 6.65. The van der Waals surface area contributed by atoms with Gasteiger partial charge in [0.2, 0.25) is 0 Å². The number of ether oxygens (including phenoxy) is 1. The van der Waals surface area contributed by atoms with Gasteiger partial charge in [-0.15, -0.1) is 0 Å². The first-order chi connectivity index (χ1) is 8.75. The van der Waals surface area contributed by atoms with Crippen LogP contribution >= 0.6 is 12.2 Å². The molecule has 1 saturated heterocycles. The molecule has 0 bridgehead atoms. The van der Waals surface area contributed by atoms with Gasteiger partial charge in [-0.05, 0) is 43.6 Å². The molecular formula is C13H15FN2OS. The highest BCUT2D eigenvalue weighted by molar-refractivity contribution is 7.71. The number of aromatic nitrogens is 2. The molecule has 2 heterocycles. The summed E-state index contributed by atoms with van der Waals surface area (Å²) in [4.78, 5) is 3.04. The van der Waals surface area contributed by atoms with Gasteiger partial charge in [0.15, 0.2) is 4.77 Å². The van der Waals surface area contributed by atoms with Gasteiger partial charge in [0.1, 0.15) is 11.3 Å². The normalized spacial score (nSPS) is 20.4. The van der Waals surface area contributed by atoms with Crippen LogP contribution in [0.25, 0.3) is 11.0 Å². The molecular weight excluding hydrogens is 251 g/mol. The fourth-order valence-electron chi connectivity index (χ4n) is 2.50. The maximum atomic E-state index is 13.9. The van der Waals surface area contributed by atoms with Gasteiger partial charge in [0, 0.05) is 6.61 Å². The first-order valence-electron chi connectivity index (χ1n) is 6.24. The maximum Gasteiger partial charge on any atom is 0.178 e. The van der Waals surface area contributed by atoms with Crippen LogP contribution < -0.4 is 0 Å². The summed E-state index contributed by atoms with van der Waals surface area (Å²) in [6.45, 7) is 1.42. The van der Waals surface area contributed by atoms with Crippen LogP contribution in [0.3, 0.4) is 0 Å². The number of H-pyrrole nitrogens is 1. The molecule has 0 radical (unpaired) electrons. The third kappa shape index (κ3) is 2.08. The molecule has 18 heavy (non-hydrogen) atoms. The van der Waals surface area contributed by atoms with Crippen LogP contribution in [0.5, 0.6) is 0 Å². The van der Waals surface area contributed by atoms with Crippen LogP contribution in [0.1, 0.15) is 19.3 Å². The fourth-order valence-corrected chi connectivity index (χ4v) is 2.78. The highest BCUT2D eigenvalue weighted by atomic mass is 32.1. The molecule has 2 aromatic rings. The van der Waals surface area contributed by atoms with E-state index < -0.39 is 0 Å². The van der Waals surface area contributed by atoms with Gasteiger partial charge < -0.3 is 14.3 Å². The highest BCUT2D eigenvalue weighted by Gasteiger charge is 2.17. The molecule has 3 rings (SSSR count). The molecule has 1 aromatic heterocycles. The molecule has 3 nitrogen and oxygen atoms in total. The van der Waals surface area contributed by atoms with E-state index in [4.69, 9.17) is 17.0 Å². The van der Waals surface area contributed by atoms with E-state index in [0.29, 0.717) is 16.8 Å². The second kappa shape index (κ2) is 4.82. The van der Waals surface area contributed by atoms with Gasteiger partial charge in [-0.1, -0.05) is 6.07 Å². The summed E-state index contributed by atoms with van der Waals surface area (Å²) in [5, 5.41) is 0. The summed E-state index contributed by atoms with van der Waals surface area (Å²) in [6, 6.07) is 4.99. The third-order valence-electron chi connectivity index (χ3n) is 3.40. The van der Waals surface area contributed by atoms with Crippen LogP contribution in [-0.2, 0) is 11.3 Å². The average Bonchev–Trinajstić information content (AvgIpc) is 2.69. The molecule has 0 spiro atoms. The molecule has 96 valence electrons. The second-order valence-corrected chi connectivity index (χ2v) is 5.05. The zero-order valence-electron chi connectivity index (χ0n) is 9.99. The van der Waals surface area contributed by atoms with E-state index in [-0.39, 0.29) is 11.9 Å². The Morgan fingerprint density at radius 2 is 2.33 bits per heavy atom. The van der Waals surface area contributed by atoms with Gasteiger partial charge in [-0.25, -0.2) is 4.39 Å². The predicted molar refractivity (Wildman–Crippen MR) is 70.7 cm³/mol. The molecule has 1 unspecified atom stereocenters. The molecule has 5 heteroatoms. The number of nitrogens with one attached hydrogen (secondary N) is 1. The van der Waals surface area contributed by atoms with Crippen LogP contribution in [0, 0.1) is 10.6 Å². The van der Waals surface area contributed by atoms with Crippen molar-refractivity contribution in [1.82, 2.24) is 9.55 Å². The maximum absolute atomic E-state index is 13.9. The topological polar surface area (TPSA) is 29.9 Å². The quantitative estimate of drug-likeness (QED) is 0.844. The van der Waals surface area contributed by atoms with Crippen LogP contribution in [0.2, 0.25) is 0 Å². The highest BCUT2D eigenvalue weighted by Crippen LogP contribution is 2.21. The van der Waals surface area contributed by atoms with E-state index in [0.717, 1.165) is 25.0 Å². The van der Waals surface area contributed by atoms with Gasteiger partial charge >= 0.3 is 0 Å². The monoisotopic (exact) mass is 266 g/mol. The third-order valence-corrected chi connectivity index (χ3v) is 3.73. The summed E-state index contributed by atoms with van der Waals surface area (Å²) < 4.78 is 22.0. The molecule has 0 amide bonds. The summed E-state index contributed by atoms with van der Waals surface area (Å²) >= 11 is 5.27. The van der Waals surface area contributed by atoms with Gasteiger partial charge in [-0.2, -0.15) is 0 Å². The largest absolute Gasteiger partial charge is 0.376 e. The van der Waals surface area contributed by atoms with Gasteiger partial charge in [-0.3, -0.25) is 0 Å².